The number of hydrogen-bond donors (Lipinski definition) is 2. The maximum Gasteiger partial charge on any atom is 0.223 e. The molecule has 0 radical (unpaired) electrons. The van der Waals surface area contributed by atoms with Crippen LogP contribution in [-0.4, -0.2) is 44.5 Å². The lowest BCUT2D eigenvalue weighted by molar-refractivity contribution is 0.250. The lowest BCUT2D eigenvalue weighted by atomic mass is 10.1. The number of nitrogens with two attached hydrogens (primary N) is 1. The number of rotatable bonds is 5. The van der Waals surface area contributed by atoms with Crippen LogP contribution in [0.1, 0.15) is 11.1 Å². The number of halogens is 1. The van der Waals surface area contributed by atoms with Crippen LogP contribution in [-0.2, 0) is 16.4 Å². The highest BCUT2D eigenvalue weighted by Gasteiger charge is 2.26. The van der Waals surface area contributed by atoms with Gasteiger partial charge in [-0.1, -0.05) is 36.4 Å². The molecule has 0 amide bonds. The number of sulfone groups is 1. The van der Waals surface area contributed by atoms with Crippen molar-refractivity contribution in [2.45, 2.75) is 11.4 Å². The molecule has 3 aromatic carbocycles. The molecule has 32 heavy (non-hydrogen) atoms. The first-order valence-electron chi connectivity index (χ1n) is 10.3. The SMILES string of the molecule is N=C(c1cc(N2CCN(Cc3ccccc3)CC2)ccc1N)S(=O)(=O)c1cccc(F)c1. The van der Waals surface area contributed by atoms with E-state index in [1.54, 1.807) is 12.1 Å². The lowest BCUT2D eigenvalue weighted by Gasteiger charge is -2.36. The Hall–Kier alpha value is -3.23. The van der Waals surface area contributed by atoms with Gasteiger partial charge in [0.25, 0.3) is 0 Å². The van der Waals surface area contributed by atoms with Crippen molar-refractivity contribution in [3.8, 4) is 0 Å². The quantitative estimate of drug-likeness (QED) is 0.351. The Balaban J connectivity index is 1.50. The fourth-order valence-corrected chi connectivity index (χ4v) is 5.07. The fourth-order valence-electron chi connectivity index (χ4n) is 3.84. The summed E-state index contributed by atoms with van der Waals surface area (Å²) in [7, 11) is -4.19. The van der Waals surface area contributed by atoms with Gasteiger partial charge in [0, 0.05) is 49.7 Å². The third-order valence-corrected chi connectivity index (χ3v) is 7.27. The normalized spacial score (nSPS) is 15.0. The van der Waals surface area contributed by atoms with Crippen molar-refractivity contribution in [3.63, 3.8) is 0 Å². The van der Waals surface area contributed by atoms with Crippen molar-refractivity contribution in [1.29, 1.82) is 5.41 Å². The van der Waals surface area contributed by atoms with Crippen molar-refractivity contribution in [2.75, 3.05) is 36.8 Å². The Morgan fingerprint density at radius 2 is 1.66 bits per heavy atom. The van der Waals surface area contributed by atoms with Crippen LogP contribution >= 0.6 is 0 Å². The van der Waals surface area contributed by atoms with Gasteiger partial charge in [-0.3, -0.25) is 10.3 Å². The molecule has 8 heteroatoms. The zero-order valence-corrected chi connectivity index (χ0v) is 18.4. The maximum absolute atomic E-state index is 13.5. The number of benzene rings is 3. The van der Waals surface area contributed by atoms with Gasteiger partial charge in [0.2, 0.25) is 9.84 Å². The first-order chi connectivity index (χ1) is 15.3. The van der Waals surface area contributed by atoms with E-state index in [0.717, 1.165) is 50.5 Å². The topological polar surface area (TPSA) is 90.5 Å². The van der Waals surface area contributed by atoms with E-state index in [9.17, 15) is 12.8 Å². The largest absolute Gasteiger partial charge is 0.398 e. The van der Waals surface area contributed by atoms with E-state index >= 15 is 0 Å². The molecule has 1 fully saturated rings. The summed E-state index contributed by atoms with van der Waals surface area (Å²) in [6.45, 7) is 4.18. The molecular weight excluding hydrogens is 427 g/mol. The summed E-state index contributed by atoms with van der Waals surface area (Å²) in [6, 6.07) is 20.1. The van der Waals surface area contributed by atoms with Gasteiger partial charge in [-0.05, 0) is 42.0 Å². The van der Waals surface area contributed by atoms with E-state index in [4.69, 9.17) is 11.1 Å². The molecule has 0 aliphatic carbocycles. The first-order valence-corrected chi connectivity index (χ1v) is 11.8. The monoisotopic (exact) mass is 452 g/mol. The highest BCUT2D eigenvalue weighted by atomic mass is 32.2. The van der Waals surface area contributed by atoms with Crippen LogP contribution in [0.25, 0.3) is 0 Å². The highest BCUT2D eigenvalue weighted by molar-refractivity contribution is 8.06. The number of anilines is 2. The first kappa shape index (κ1) is 22.0. The molecule has 0 saturated carbocycles. The summed E-state index contributed by atoms with van der Waals surface area (Å²) in [4.78, 5) is 4.27. The van der Waals surface area contributed by atoms with Gasteiger partial charge in [-0.25, -0.2) is 12.8 Å². The minimum absolute atomic E-state index is 0.124. The lowest BCUT2D eigenvalue weighted by Crippen LogP contribution is -2.46. The Kier molecular flexibility index (Phi) is 6.25. The van der Waals surface area contributed by atoms with Crippen molar-refractivity contribution >= 4 is 26.3 Å². The predicted molar refractivity (Wildman–Crippen MR) is 125 cm³/mol. The number of nitrogens with zero attached hydrogens (tertiary/aromatic N) is 2. The van der Waals surface area contributed by atoms with E-state index in [0.29, 0.717) is 0 Å². The molecule has 3 N–H and O–H groups in total. The Morgan fingerprint density at radius 1 is 0.938 bits per heavy atom. The minimum Gasteiger partial charge on any atom is -0.398 e. The number of hydrogen-bond acceptors (Lipinski definition) is 6. The Labute approximate surface area is 187 Å². The fraction of sp³-hybridized carbons (Fsp3) is 0.208. The molecule has 0 atom stereocenters. The molecule has 6 nitrogen and oxygen atoms in total. The number of piperazine rings is 1. The van der Waals surface area contributed by atoms with Crippen LogP contribution in [0.4, 0.5) is 15.8 Å². The van der Waals surface area contributed by atoms with Gasteiger partial charge < -0.3 is 10.6 Å². The molecule has 0 unspecified atom stereocenters. The van der Waals surface area contributed by atoms with Crippen LogP contribution in [0.5, 0.6) is 0 Å². The molecule has 1 heterocycles. The minimum atomic E-state index is -4.19. The molecule has 0 bridgehead atoms. The molecule has 4 rings (SSSR count). The molecule has 0 aromatic heterocycles. The van der Waals surface area contributed by atoms with Gasteiger partial charge in [-0.2, -0.15) is 0 Å². The van der Waals surface area contributed by atoms with Gasteiger partial charge in [-0.15, -0.1) is 0 Å². The van der Waals surface area contributed by atoms with Crippen molar-refractivity contribution in [1.82, 2.24) is 4.90 Å². The molecular formula is C24H25FN4O2S. The van der Waals surface area contributed by atoms with Gasteiger partial charge >= 0.3 is 0 Å². The predicted octanol–water partition coefficient (Wildman–Crippen LogP) is 3.53. The van der Waals surface area contributed by atoms with Gasteiger partial charge in [0.1, 0.15) is 5.82 Å². The Bertz CT molecular complexity index is 1220. The van der Waals surface area contributed by atoms with Crippen molar-refractivity contribution < 1.29 is 12.8 Å². The summed E-state index contributed by atoms with van der Waals surface area (Å²) >= 11 is 0. The number of nitrogens with one attached hydrogen (secondary N) is 1. The maximum atomic E-state index is 13.5. The van der Waals surface area contributed by atoms with E-state index < -0.39 is 20.7 Å². The summed E-state index contributed by atoms with van der Waals surface area (Å²) in [5, 5.41) is 7.70. The second-order valence-corrected chi connectivity index (χ2v) is 9.70. The Morgan fingerprint density at radius 3 is 2.34 bits per heavy atom. The molecule has 0 spiro atoms. The van der Waals surface area contributed by atoms with Crippen LogP contribution in [0.2, 0.25) is 0 Å². The second kappa shape index (κ2) is 9.10. The van der Waals surface area contributed by atoms with Crippen LogP contribution in [0.3, 0.4) is 0 Å². The zero-order valence-electron chi connectivity index (χ0n) is 17.5. The second-order valence-electron chi connectivity index (χ2n) is 7.81. The van der Waals surface area contributed by atoms with Crippen LogP contribution in [0.15, 0.2) is 77.7 Å². The molecule has 3 aromatic rings. The third-order valence-electron chi connectivity index (χ3n) is 5.64. The van der Waals surface area contributed by atoms with E-state index in [2.05, 4.69) is 21.9 Å². The van der Waals surface area contributed by atoms with Gasteiger partial charge in [0.15, 0.2) is 5.04 Å². The van der Waals surface area contributed by atoms with Crippen LogP contribution in [0, 0.1) is 11.2 Å². The molecule has 1 aliphatic rings. The molecule has 1 saturated heterocycles. The molecule has 166 valence electrons. The third kappa shape index (κ3) is 4.66. The van der Waals surface area contributed by atoms with E-state index in [1.807, 2.05) is 24.3 Å². The number of nitrogen functional groups attached to an aromatic ring is 1. The smallest absolute Gasteiger partial charge is 0.223 e. The zero-order chi connectivity index (χ0) is 22.7. The molecule has 1 aliphatic heterocycles. The van der Waals surface area contributed by atoms with Gasteiger partial charge in [0.05, 0.1) is 4.90 Å². The average Bonchev–Trinajstić information content (AvgIpc) is 2.80. The summed E-state index contributed by atoms with van der Waals surface area (Å²) in [6.07, 6.45) is 0. The van der Waals surface area contributed by atoms with Crippen molar-refractivity contribution in [2.24, 2.45) is 0 Å². The summed E-state index contributed by atoms with van der Waals surface area (Å²) < 4.78 is 39.3. The average molecular weight is 453 g/mol. The van der Waals surface area contributed by atoms with Crippen LogP contribution < -0.4 is 10.6 Å². The summed E-state index contributed by atoms with van der Waals surface area (Å²) in [5.74, 6) is -0.672. The highest BCUT2D eigenvalue weighted by Crippen LogP contribution is 2.27. The van der Waals surface area contributed by atoms with Crippen molar-refractivity contribution in [3.05, 3.63) is 89.7 Å². The summed E-state index contributed by atoms with van der Waals surface area (Å²) in [5.41, 5.74) is 8.43. The van der Waals surface area contributed by atoms with E-state index in [-0.39, 0.29) is 16.1 Å². The standard InChI is InChI=1S/C24H25FN4O2S/c25-19-7-4-8-21(15-19)32(30,31)24(27)22-16-20(9-10-23(22)26)29-13-11-28(12-14-29)17-18-5-2-1-3-6-18/h1-10,15-16,27H,11-14,17,26H2. The van der Waals surface area contributed by atoms with E-state index in [1.165, 1.54) is 17.7 Å².